The Morgan fingerprint density at radius 2 is 1.94 bits per heavy atom. The van der Waals surface area contributed by atoms with Gasteiger partial charge in [0.25, 0.3) is 0 Å². The van der Waals surface area contributed by atoms with Gasteiger partial charge in [-0.05, 0) is 37.5 Å². The van der Waals surface area contributed by atoms with Crippen LogP contribution in [0.1, 0.15) is 65.2 Å². The molecule has 1 fully saturated rings. The Bertz CT molecular complexity index is 217. The van der Waals surface area contributed by atoms with Gasteiger partial charge in [-0.15, -0.1) is 0 Å². The summed E-state index contributed by atoms with van der Waals surface area (Å²) in [7, 11) is 0. The Kier molecular flexibility index (Phi) is 6.83. The van der Waals surface area contributed by atoms with E-state index < -0.39 is 0 Å². The molecule has 1 saturated carbocycles. The maximum atomic E-state index is 5.71. The fourth-order valence-corrected chi connectivity index (χ4v) is 3.10. The fraction of sp³-hybridized carbons (Fsp3) is 0.867. The minimum absolute atomic E-state index is 0.449. The number of nitrogens with one attached hydrogen (secondary N) is 1. The van der Waals surface area contributed by atoms with Gasteiger partial charge >= 0.3 is 0 Å². The van der Waals surface area contributed by atoms with E-state index >= 15 is 0 Å². The Morgan fingerprint density at radius 1 is 1.29 bits per heavy atom. The first-order valence-electron chi connectivity index (χ1n) is 7.34. The Labute approximate surface area is 107 Å². The Morgan fingerprint density at radius 3 is 2.41 bits per heavy atom. The SMILES string of the molecule is C=C(CC)CC(NN)C1CCC(CCC)CC1. The fourth-order valence-electron chi connectivity index (χ4n) is 3.10. The van der Waals surface area contributed by atoms with Crippen LogP contribution in [0.15, 0.2) is 12.2 Å². The summed E-state index contributed by atoms with van der Waals surface area (Å²) >= 11 is 0. The number of hydrazine groups is 1. The van der Waals surface area contributed by atoms with Gasteiger partial charge in [-0.2, -0.15) is 0 Å². The van der Waals surface area contributed by atoms with Gasteiger partial charge in [-0.25, -0.2) is 0 Å². The molecule has 1 atom stereocenters. The largest absolute Gasteiger partial charge is 0.271 e. The first-order chi connectivity index (χ1) is 8.21. The molecular weight excluding hydrogens is 208 g/mol. The maximum absolute atomic E-state index is 5.71. The first-order valence-corrected chi connectivity index (χ1v) is 7.34. The molecule has 1 unspecified atom stereocenters. The zero-order valence-corrected chi connectivity index (χ0v) is 11.7. The summed E-state index contributed by atoms with van der Waals surface area (Å²) in [6.07, 6.45) is 10.4. The molecule has 0 aliphatic heterocycles. The highest BCUT2D eigenvalue weighted by molar-refractivity contribution is 4.98. The van der Waals surface area contributed by atoms with E-state index in [0.29, 0.717) is 6.04 Å². The number of nitrogens with two attached hydrogens (primary N) is 1. The van der Waals surface area contributed by atoms with E-state index in [2.05, 4.69) is 25.9 Å². The summed E-state index contributed by atoms with van der Waals surface area (Å²) in [6.45, 7) is 8.57. The van der Waals surface area contributed by atoms with Crippen molar-refractivity contribution in [3.8, 4) is 0 Å². The minimum Gasteiger partial charge on any atom is -0.271 e. The molecule has 0 aromatic carbocycles. The molecule has 2 heteroatoms. The second-order valence-corrected chi connectivity index (χ2v) is 5.65. The molecule has 0 heterocycles. The van der Waals surface area contributed by atoms with E-state index in [4.69, 9.17) is 5.84 Å². The third kappa shape index (κ3) is 4.81. The van der Waals surface area contributed by atoms with E-state index in [0.717, 1.165) is 24.7 Å². The molecule has 2 nitrogen and oxygen atoms in total. The molecule has 1 aliphatic carbocycles. The van der Waals surface area contributed by atoms with E-state index in [-0.39, 0.29) is 0 Å². The molecule has 0 spiro atoms. The van der Waals surface area contributed by atoms with Crippen LogP contribution < -0.4 is 11.3 Å². The van der Waals surface area contributed by atoms with Gasteiger partial charge in [-0.1, -0.05) is 51.7 Å². The van der Waals surface area contributed by atoms with Crippen molar-refractivity contribution >= 4 is 0 Å². The smallest absolute Gasteiger partial charge is 0.0275 e. The lowest BCUT2D eigenvalue weighted by Gasteiger charge is -2.34. The van der Waals surface area contributed by atoms with Crippen LogP contribution in [-0.2, 0) is 0 Å². The average Bonchev–Trinajstić information content (AvgIpc) is 2.37. The van der Waals surface area contributed by atoms with Gasteiger partial charge in [0, 0.05) is 6.04 Å². The molecule has 1 aliphatic rings. The highest BCUT2D eigenvalue weighted by Gasteiger charge is 2.26. The van der Waals surface area contributed by atoms with Crippen molar-refractivity contribution in [2.45, 2.75) is 71.3 Å². The van der Waals surface area contributed by atoms with Crippen molar-refractivity contribution in [1.82, 2.24) is 5.43 Å². The highest BCUT2D eigenvalue weighted by Crippen LogP contribution is 2.34. The maximum Gasteiger partial charge on any atom is 0.0275 e. The number of hydrogen-bond donors (Lipinski definition) is 2. The average molecular weight is 238 g/mol. The van der Waals surface area contributed by atoms with Crippen LogP contribution in [0, 0.1) is 11.8 Å². The van der Waals surface area contributed by atoms with Crippen LogP contribution in [0.2, 0.25) is 0 Å². The normalized spacial score (nSPS) is 26.8. The summed E-state index contributed by atoms with van der Waals surface area (Å²) in [4.78, 5) is 0. The lowest BCUT2D eigenvalue weighted by molar-refractivity contribution is 0.212. The standard InChI is InChI=1S/C15H30N2/c1-4-6-13-7-9-14(10-8-13)15(17-16)11-12(3)5-2/h13-15,17H,3-11,16H2,1-2H3. The van der Waals surface area contributed by atoms with Crippen LogP contribution in [0.5, 0.6) is 0 Å². The predicted octanol–water partition coefficient (Wildman–Crippen LogP) is 3.78. The first kappa shape index (κ1) is 14.7. The van der Waals surface area contributed by atoms with Crippen LogP contribution in [-0.4, -0.2) is 6.04 Å². The third-order valence-electron chi connectivity index (χ3n) is 4.38. The predicted molar refractivity (Wildman–Crippen MR) is 75.5 cm³/mol. The van der Waals surface area contributed by atoms with Crippen LogP contribution in [0.25, 0.3) is 0 Å². The quantitative estimate of drug-likeness (QED) is 0.402. The van der Waals surface area contributed by atoms with Crippen molar-refractivity contribution in [3.63, 3.8) is 0 Å². The molecule has 0 radical (unpaired) electrons. The van der Waals surface area contributed by atoms with E-state index in [1.807, 2.05) is 0 Å². The number of rotatable bonds is 7. The van der Waals surface area contributed by atoms with Crippen molar-refractivity contribution in [2.75, 3.05) is 0 Å². The van der Waals surface area contributed by atoms with Crippen molar-refractivity contribution in [3.05, 3.63) is 12.2 Å². The lowest BCUT2D eigenvalue weighted by atomic mass is 9.76. The molecular formula is C15H30N2. The number of hydrogen-bond acceptors (Lipinski definition) is 2. The van der Waals surface area contributed by atoms with Gasteiger partial charge in [0.05, 0.1) is 0 Å². The van der Waals surface area contributed by atoms with Crippen LogP contribution in [0.3, 0.4) is 0 Å². The third-order valence-corrected chi connectivity index (χ3v) is 4.38. The van der Waals surface area contributed by atoms with Crippen molar-refractivity contribution in [1.29, 1.82) is 0 Å². The molecule has 0 saturated heterocycles. The monoisotopic (exact) mass is 238 g/mol. The molecule has 0 bridgehead atoms. The molecule has 3 N–H and O–H groups in total. The van der Waals surface area contributed by atoms with Gasteiger partial charge in [0.1, 0.15) is 0 Å². The van der Waals surface area contributed by atoms with Gasteiger partial charge < -0.3 is 0 Å². The van der Waals surface area contributed by atoms with Crippen LogP contribution in [0.4, 0.5) is 0 Å². The zero-order chi connectivity index (χ0) is 12.7. The summed E-state index contributed by atoms with van der Waals surface area (Å²) in [6, 6.07) is 0.449. The summed E-state index contributed by atoms with van der Waals surface area (Å²) < 4.78 is 0. The van der Waals surface area contributed by atoms with Crippen LogP contribution >= 0.6 is 0 Å². The molecule has 1 rings (SSSR count). The van der Waals surface area contributed by atoms with Gasteiger partial charge in [0.2, 0.25) is 0 Å². The van der Waals surface area contributed by atoms with Crippen molar-refractivity contribution in [2.24, 2.45) is 17.7 Å². The van der Waals surface area contributed by atoms with Gasteiger partial charge in [-0.3, -0.25) is 11.3 Å². The molecule has 0 amide bonds. The Balaban J connectivity index is 2.36. The summed E-state index contributed by atoms with van der Waals surface area (Å²) in [5.41, 5.74) is 4.35. The topological polar surface area (TPSA) is 38.0 Å². The highest BCUT2D eigenvalue weighted by atomic mass is 15.2. The Hall–Kier alpha value is -0.340. The van der Waals surface area contributed by atoms with E-state index in [1.165, 1.54) is 44.1 Å². The summed E-state index contributed by atoms with van der Waals surface area (Å²) in [5.74, 6) is 7.45. The zero-order valence-electron chi connectivity index (χ0n) is 11.7. The molecule has 0 aromatic heterocycles. The summed E-state index contributed by atoms with van der Waals surface area (Å²) in [5, 5.41) is 0. The lowest BCUT2D eigenvalue weighted by Crippen LogP contribution is -2.42. The van der Waals surface area contributed by atoms with Crippen molar-refractivity contribution < 1.29 is 0 Å². The molecule has 17 heavy (non-hydrogen) atoms. The second-order valence-electron chi connectivity index (χ2n) is 5.65. The van der Waals surface area contributed by atoms with Gasteiger partial charge in [0.15, 0.2) is 0 Å². The van der Waals surface area contributed by atoms with E-state index in [1.54, 1.807) is 0 Å². The van der Waals surface area contributed by atoms with E-state index in [9.17, 15) is 0 Å². The second kappa shape index (κ2) is 7.88. The molecule has 0 aromatic rings. The molecule has 100 valence electrons. The minimum atomic E-state index is 0.449.